The number of hydrogen-bond acceptors (Lipinski definition) is 5. The molecule has 0 fully saturated rings. The molecule has 1 heterocycles. The van der Waals surface area contributed by atoms with E-state index >= 15 is 0 Å². The monoisotopic (exact) mass is 370 g/mol. The zero-order valence-corrected chi connectivity index (χ0v) is 15.9. The van der Waals surface area contributed by atoms with Crippen LogP contribution >= 0.6 is 0 Å². The van der Waals surface area contributed by atoms with Gasteiger partial charge < -0.3 is 14.4 Å². The van der Waals surface area contributed by atoms with Crippen LogP contribution in [0.5, 0.6) is 5.75 Å². The summed E-state index contributed by atoms with van der Waals surface area (Å²) in [5.74, 6) is 0.429. The van der Waals surface area contributed by atoms with E-state index in [1.807, 2.05) is 43.3 Å². The Hall–Kier alpha value is -2.89. The Balaban J connectivity index is 2.03. The molecular weight excluding hydrogens is 344 g/mol. The Morgan fingerprint density at radius 2 is 1.81 bits per heavy atom. The molecular formula is C21H26N2O4. The first kappa shape index (κ1) is 20.4. The summed E-state index contributed by atoms with van der Waals surface area (Å²) in [6, 6.07) is 11.2. The lowest BCUT2D eigenvalue weighted by Gasteiger charge is -2.22. The van der Waals surface area contributed by atoms with Gasteiger partial charge in [0.15, 0.2) is 0 Å². The minimum atomic E-state index is -0.303. The van der Waals surface area contributed by atoms with Crippen LogP contribution in [0.1, 0.15) is 31.4 Å². The molecule has 0 bridgehead atoms. The van der Waals surface area contributed by atoms with E-state index in [1.54, 1.807) is 24.2 Å². The number of carbonyl (C=O) groups excluding carboxylic acids is 2. The molecule has 1 aromatic heterocycles. The normalized spacial score (nSPS) is 10.3. The average molecular weight is 370 g/mol. The molecule has 0 atom stereocenters. The van der Waals surface area contributed by atoms with Crippen LogP contribution in [0.25, 0.3) is 0 Å². The second-order valence-electron chi connectivity index (χ2n) is 5.99. The smallest absolute Gasteiger partial charge is 0.307 e. The zero-order valence-electron chi connectivity index (χ0n) is 15.9. The predicted molar refractivity (Wildman–Crippen MR) is 102 cm³/mol. The summed E-state index contributed by atoms with van der Waals surface area (Å²) in [6.45, 7) is 5.35. The second-order valence-corrected chi connectivity index (χ2v) is 5.99. The number of esters is 1. The van der Waals surface area contributed by atoms with E-state index in [-0.39, 0.29) is 24.7 Å². The fourth-order valence-electron chi connectivity index (χ4n) is 2.62. The summed E-state index contributed by atoms with van der Waals surface area (Å²) in [4.78, 5) is 30.3. The molecule has 27 heavy (non-hydrogen) atoms. The van der Waals surface area contributed by atoms with Crippen LogP contribution in [0.15, 0.2) is 48.8 Å². The molecule has 0 N–H and O–H groups in total. The van der Waals surface area contributed by atoms with Crippen molar-refractivity contribution in [1.82, 2.24) is 9.88 Å². The van der Waals surface area contributed by atoms with Crippen molar-refractivity contribution in [2.45, 2.75) is 33.2 Å². The lowest BCUT2D eigenvalue weighted by atomic mass is 10.1. The molecule has 1 aromatic carbocycles. The first-order valence-corrected chi connectivity index (χ1v) is 9.16. The number of benzene rings is 1. The van der Waals surface area contributed by atoms with Crippen LogP contribution in [-0.2, 0) is 27.3 Å². The van der Waals surface area contributed by atoms with Gasteiger partial charge >= 0.3 is 5.97 Å². The van der Waals surface area contributed by atoms with Crippen LogP contribution in [0, 0.1) is 0 Å². The number of amides is 1. The molecule has 0 aliphatic rings. The highest BCUT2D eigenvalue weighted by atomic mass is 16.5. The number of hydrogen-bond donors (Lipinski definition) is 0. The van der Waals surface area contributed by atoms with Gasteiger partial charge in [0.2, 0.25) is 5.91 Å². The number of pyridine rings is 1. The van der Waals surface area contributed by atoms with Crippen LogP contribution in [-0.4, -0.2) is 41.5 Å². The fraction of sp³-hybridized carbons (Fsp3) is 0.381. The van der Waals surface area contributed by atoms with E-state index in [4.69, 9.17) is 9.47 Å². The van der Waals surface area contributed by atoms with Crippen LogP contribution < -0.4 is 4.74 Å². The summed E-state index contributed by atoms with van der Waals surface area (Å²) in [5, 5.41) is 0. The lowest BCUT2D eigenvalue weighted by Crippen LogP contribution is -2.34. The SMILES string of the molecule is CCOC(=O)CCN(Cc1cccnc1)C(=O)Cc1ccc(OCC)cc1. The Bertz CT molecular complexity index is 717. The highest BCUT2D eigenvalue weighted by Crippen LogP contribution is 2.14. The number of carbonyl (C=O) groups is 2. The highest BCUT2D eigenvalue weighted by molar-refractivity contribution is 5.79. The van der Waals surface area contributed by atoms with E-state index in [9.17, 15) is 9.59 Å². The molecule has 2 aromatic rings. The molecule has 1 amide bonds. The quantitative estimate of drug-likeness (QED) is 0.602. The number of aromatic nitrogens is 1. The van der Waals surface area contributed by atoms with Crippen molar-refractivity contribution in [2.24, 2.45) is 0 Å². The Labute approximate surface area is 160 Å². The van der Waals surface area contributed by atoms with E-state index in [1.165, 1.54) is 0 Å². The van der Waals surface area contributed by atoms with Crippen LogP contribution in [0.3, 0.4) is 0 Å². The number of ether oxygens (including phenoxy) is 2. The zero-order chi connectivity index (χ0) is 19.5. The van der Waals surface area contributed by atoms with Gasteiger partial charge in [-0.15, -0.1) is 0 Å². The largest absolute Gasteiger partial charge is 0.494 e. The molecule has 6 nitrogen and oxygen atoms in total. The van der Waals surface area contributed by atoms with Gasteiger partial charge in [-0.3, -0.25) is 14.6 Å². The third kappa shape index (κ3) is 7.09. The maximum Gasteiger partial charge on any atom is 0.307 e. The van der Waals surface area contributed by atoms with E-state index in [0.29, 0.717) is 26.3 Å². The topological polar surface area (TPSA) is 68.7 Å². The second kappa shape index (κ2) is 11.0. The van der Waals surface area contributed by atoms with Gasteiger partial charge in [-0.25, -0.2) is 0 Å². The first-order valence-electron chi connectivity index (χ1n) is 9.16. The maximum atomic E-state index is 12.8. The average Bonchev–Trinajstić information content (AvgIpc) is 2.68. The molecule has 6 heteroatoms. The summed E-state index contributed by atoms with van der Waals surface area (Å²) in [6.07, 6.45) is 3.84. The van der Waals surface area contributed by atoms with Gasteiger partial charge in [-0.2, -0.15) is 0 Å². The van der Waals surface area contributed by atoms with Gasteiger partial charge in [0.25, 0.3) is 0 Å². The standard InChI is InChI=1S/C21H26N2O4/c1-3-26-19-9-7-17(8-10-19)14-20(24)23(13-11-21(25)27-4-2)16-18-6-5-12-22-15-18/h5-10,12,15H,3-4,11,13-14,16H2,1-2H3. The van der Waals surface area contributed by atoms with Crippen molar-refractivity contribution >= 4 is 11.9 Å². The summed E-state index contributed by atoms with van der Waals surface area (Å²) >= 11 is 0. The van der Waals surface area contributed by atoms with Crippen molar-refractivity contribution in [3.63, 3.8) is 0 Å². The molecule has 0 unspecified atom stereocenters. The van der Waals surface area contributed by atoms with Crippen LogP contribution in [0.4, 0.5) is 0 Å². The summed E-state index contributed by atoms with van der Waals surface area (Å²) in [7, 11) is 0. The van der Waals surface area contributed by atoms with Crippen LogP contribution in [0.2, 0.25) is 0 Å². The highest BCUT2D eigenvalue weighted by Gasteiger charge is 2.17. The van der Waals surface area contributed by atoms with Gasteiger partial charge in [0, 0.05) is 25.5 Å². The van der Waals surface area contributed by atoms with Crippen molar-refractivity contribution < 1.29 is 19.1 Å². The first-order chi connectivity index (χ1) is 13.1. The third-order valence-electron chi connectivity index (χ3n) is 3.93. The molecule has 144 valence electrons. The van der Waals surface area contributed by atoms with Crippen molar-refractivity contribution in [3.05, 3.63) is 59.9 Å². The van der Waals surface area contributed by atoms with Gasteiger partial charge in [0.1, 0.15) is 5.75 Å². The minimum absolute atomic E-state index is 0.0488. The summed E-state index contributed by atoms with van der Waals surface area (Å²) in [5.41, 5.74) is 1.82. The minimum Gasteiger partial charge on any atom is -0.494 e. The predicted octanol–water partition coefficient (Wildman–Crippen LogP) is 3.00. The van der Waals surface area contributed by atoms with Crippen molar-refractivity contribution in [2.75, 3.05) is 19.8 Å². The van der Waals surface area contributed by atoms with Crippen molar-refractivity contribution in [3.8, 4) is 5.75 Å². The van der Waals surface area contributed by atoms with E-state index in [0.717, 1.165) is 16.9 Å². The van der Waals surface area contributed by atoms with E-state index < -0.39 is 0 Å². The number of rotatable bonds is 10. The Morgan fingerprint density at radius 1 is 1.04 bits per heavy atom. The molecule has 2 rings (SSSR count). The molecule has 0 spiro atoms. The van der Waals surface area contributed by atoms with Gasteiger partial charge in [-0.05, 0) is 43.2 Å². The Morgan fingerprint density at radius 3 is 2.44 bits per heavy atom. The molecule has 0 radical (unpaired) electrons. The van der Waals surface area contributed by atoms with Gasteiger partial charge in [0.05, 0.1) is 26.1 Å². The Kier molecular flexibility index (Phi) is 8.29. The van der Waals surface area contributed by atoms with Crippen molar-refractivity contribution in [1.29, 1.82) is 0 Å². The molecule has 0 saturated carbocycles. The molecule has 0 aliphatic carbocycles. The molecule has 0 saturated heterocycles. The third-order valence-corrected chi connectivity index (χ3v) is 3.93. The van der Waals surface area contributed by atoms with E-state index in [2.05, 4.69) is 4.98 Å². The fourth-order valence-corrected chi connectivity index (χ4v) is 2.62. The van der Waals surface area contributed by atoms with Gasteiger partial charge in [-0.1, -0.05) is 18.2 Å². The maximum absolute atomic E-state index is 12.8. The molecule has 0 aliphatic heterocycles. The lowest BCUT2D eigenvalue weighted by molar-refractivity contribution is -0.144. The summed E-state index contributed by atoms with van der Waals surface area (Å²) < 4.78 is 10.4. The number of nitrogens with zero attached hydrogens (tertiary/aromatic N) is 2.